The van der Waals surface area contributed by atoms with Crippen molar-refractivity contribution in [2.24, 2.45) is 11.3 Å². The number of carbonyl (C=O) groups is 3. The molecule has 8 nitrogen and oxygen atoms in total. The Morgan fingerprint density at radius 1 is 1.28 bits per heavy atom. The molecule has 0 saturated heterocycles. The highest BCUT2D eigenvalue weighted by atomic mass is 32.2. The lowest BCUT2D eigenvalue weighted by atomic mass is 9.72. The second kappa shape index (κ2) is 8.14. The molecule has 1 aliphatic rings. The van der Waals surface area contributed by atoms with Gasteiger partial charge in [0.2, 0.25) is 5.91 Å². The van der Waals surface area contributed by atoms with Gasteiger partial charge in [0.1, 0.15) is 5.92 Å². The lowest BCUT2D eigenvalue weighted by Crippen LogP contribution is -2.45. The van der Waals surface area contributed by atoms with Gasteiger partial charge in [0.15, 0.2) is 5.78 Å². The number of aromatic nitrogens is 1. The Labute approximate surface area is 173 Å². The van der Waals surface area contributed by atoms with Gasteiger partial charge in [-0.2, -0.15) is 10.5 Å². The summed E-state index contributed by atoms with van der Waals surface area (Å²) in [5.74, 6) is -2.32. The van der Waals surface area contributed by atoms with Crippen molar-refractivity contribution in [2.75, 3.05) is 7.11 Å². The van der Waals surface area contributed by atoms with Crippen LogP contribution in [0.15, 0.2) is 10.6 Å². The minimum Gasteiger partial charge on any atom is -0.465 e. The van der Waals surface area contributed by atoms with Gasteiger partial charge in [-0.1, -0.05) is 25.6 Å². The number of allylic oxidation sites excluding steroid dienone is 1. The van der Waals surface area contributed by atoms with Crippen LogP contribution in [0.3, 0.4) is 0 Å². The summed E-state index contributed by atoms with van der Waals surface area (Å²) in [6.45, 7) is 8.30. The number of ketones is 1. The zero-order valence-electron chi connectivity index (χ0n) is 17.1. The quantitative estimate of drug-likeness (QED) is 0.558. The number of H-pyrrole nitrogens is 1. The first-order valence-electron chi connectivity index (χ1n) is 8.84. The maximum absolute atomic E-state index is 13.0. The highest BCUT2D eigenvalue weighted by molar-refractivity contribution is 8.04. The highest BCUT2D eigenvalue weighted by Gasteiger charge is 2.45. The largest absolute Gasteiger partial charge is 0.465 e. The fourth-order valence-electron chi connectivity index (χ4n) is 3.35. The molecule has 2 atom stereocenters. The molecule has 152 valence electrons. The molecule has 0 unspecified atom stereocenters. The number of nitriles is 2. The molecule has 2 rings (SSSR count). The number of nitrogens with zero attached hydrogens (tertiary/aromatic N) is 2. The molecule has 29 heavy (non-hydrogen) atoms. The summed E-state index contributed by atoms with van der Waals surface area (Å²) >= 11 is 1.04. The molecule has 0 bridgehead atoms. The predicted octanol–water partition coefficient (Wildman–Crippen LogP) is 2.75. The number of aryl methyl sites for hydroxylation is 1. The van der Waals surface area contributed by atoms with Crippen LogP contribution in [0.2, 0.25) is 0 Å². The van der Waals surface area contributed by atoms with E-state index in [0.717, 1.165) is 11.8 Å². The summed E-state index contributed by atoms with van der Waals surface area (Å²) < 4.78 is 4.76. The zero-order chi connectivity index (χ0) is 22.1. The van der Waals surface area contributed by atoms with E-state index < -0.39 is 28.5 Å². The van der Waals surface area contributed by atoms with Gasteiger partial charge in [-0.15, -0.1) is 0 Å². The second-order valence-electron chi connectivity index (χ2n) is 7.33. The topological polar surface area (TPSA) is 136 Å². The predicted molar refractivity (Wildman–Crippen MR) is 107 cm³/mol. The van der Waals surface area contributed by atoms with Crippen molar-refractivity contribution >= 4 is 29.4 Å². The van der Waals surface area contributed by atoms with Crippen molar-refractivity contribution in [1.82, 2.24) is 10.3 Å². The second-order valence-corrected chi connectivity index (χ2v) is 8.68. The summed E-state index contributed by atoms with van der Waals surface area (Å²) in [6, 6.07) is 4.01. The van der Waals surface area contributed by atoms with Gasteiger partial charge in [0.05, 0.1) is 46.4 Å². The van der Waals surface area contributed by atoms with E-state index in [0.29, 0.717) is 16.8 Å². The van der Waals surface area contributed by atoms with E-state index in [-0.39, 0.29) is 22.1 Å². The van der Waals surface area contributed by atoms with Crippen LogP contribution in [-0.4, -0.2) is 35.0 Å². The van der Waals surface area contributed by atoms with E-state index in [1.807, 2.05) is 6.07 Å². The Bertz CT molecular complexity index is 1010. The zero-order valence-corrected chi connectivity index (χ0v) is 17.9. The van der Waals surface area contributed by atoms with E-state index in [1.54, 1.807) is 34.6 Å². The lowest BCUT2D eigenvalue weighted by molar-refractivity contribution is -0.125. The number of amides is 1. The third-order valence-electron chi connectivity index (χ3n) is 5.07. The van der Waals surface area contributed by atoms with Gasteiger partial charge >= 0.3 is 5.97 Å². The maximum Gasteiger partial charge on any atom is 0.339 e. The molecule has 1 aromatic heterocycles. The van der Waals surface area contributed by atoms with Gasteiger partial charge in [0, 0.05) is 11.1 Å². The smallest absolute Gasteiger partial charge is 0.339 e. The fourth-order valence-corrected chi connectivity index (χ4v) is 4.52. The Kier molecular flexibility index (Phi) is 6.24. The Morgan fingerprint density at radius 3 is 2.41 bits per heavy atom. The summed E-state index contributed by atoms with van der Waals surface area (Å²) in [7, 11) is 1.27. The molecule has 0 aromatic carbocycles. The molecule has 1 amide bonds. The molecule has 0 fully saturated rings. The van der Waals surface area contributed by atoms with Gasteiger partial charge in [-0.05, 0) is 26.3 Å². The van der Waals surface area contributed by atoms with Gasteiger partial charge < -0.3 is 15.0 Å². The molecule has 0 aliphatic carbocycles. The minimum atomic E-state index is -0.997. The highest BCUT2D eigenvalue weighted by Crippen LogP contribution is 2.43. The van der Waals surface area contributed by atoms with Crippen LogP contribution in [0.5, 0.6) is 0 Å². The molecule has 0 saturated carbocycles. The number of hydrogen-bond donors (Lipinski definition) is 2. The van der Waals surface area contributed by atoms with Crippen LogP contribution in [0, 0.1) is 47.8 Å². The van der Waals surface area contributed by atoms with E-state index in [2.05, 4.69) is 16.4 Å². The molecular weight excluding hydrogens is 392 g/mol. The van der Waals surface area contributed by atoms with E-state index in [4.69, 9.17) is 4.74 Å². The van der Waals surface area contributed by atoms with E-state index in [9.17, 15) is 24.9 Å². The number of Topliss-reactive ketones (excluding diaryl/α,β-unsaturated/α-hetero) is 1. The van der Waals surface area contributed by atoms with Crippen molar-refractivity contribution in [2.45, 2.75) is 39.9 Å². The average molecular weight is 414 g/mol. The monoisotopic (exact) mass is 414 g/mol. The molecule has 1 aromatic rings. The minimum absolute atomic E-state index is 0.253. The van der Waals surface area contributed by atoms with Gasteiger partial charge in [0.25, 0.3) is 0 Å². The molecule has 0 radical (unpaired) electrons. The third kappa shape index (κ3) is 3.79. The van der Waals surface area contributed by atoms with Crippen LogP contribution in [0.1, 0.15) is 52.9 Å². The van der Waals surface area contributed by atoms with Crippen LogP contribution < -0.4 is 5.32 Å². The number of esters is 1. The summed E-state index contributed by atoms with van der Waals surface area (Å²) in [5.41, 5.74) is 0.873. The van der Waals surface area contributed by atoms with Crippen LogP contribution in [-0.2, 0) is 9.53 Å². The lowest BCUT2D eigenvalue weighted by Gasteiger charge is -2.35. The van der Waals surface area contributed by atoms with Gasteiger partial charge in [-0.3, -0.25) is 9.59 Å². The van der Waals surface area contributed by atoms with Crippen molar-refractivity contribution in [1.29, 1.82) is 10.5 Å². The van der Waals surface area contributed by atoms with E-state index >= 15 is 0 Å². The number of hydrogen-bond acceptors (Lipinski definition) is 7. The standard InChI is InChI=1S/C20H22N4O4S/c1-9-14(19(27)28-6)10(2)23-15(9)16(25)11(3)29-18-13(8-22)20(4,5)12(7-21)17(26)24-18/h11-12,23H,1-6H3,(H,24,26)/t11-,12-/m0/s1. The number of methoxy groups -OCH3 is 1. The average Bonchev–Trinajstić information content (AvgIpc) is 2.94. The molecule has 2 heterocycles. The number of ether oxygens (including phenoxy) is 1. The number of aromatic amines is 1. The first kappa shape index (κ1) is 22.3. The van der Waals surface area contributed by atoms with Crippen molar-refractivity contribution < 1.29 is 19.1 Å². The number of rotatable bonds is 5. The number of carbonyl (C=O) groups excluding carboxylic acids is 3. The fraction of sp³-hybridized carbons (Fsp3) is 0.450. The maximum atomic E-state index is 13.0. The first-order chi connectivity index (χ1) is 13.5. The normalized spacial score (nSPS) is 19.0. The van der Waals surface area contributed by atoms with Crippen LogP contribution in [0.4, 0.5) is 0 Å². The molecule has 9 heteroatoms. The summed E-state index contributed by atoms with van der Waals surface area (Å²) in [5, 5.41) is 21.1. The molecular formula is C20H22N4O4S. The first-order valence-corrected chi connectivity index (χ1v) is 9.72. The Balaban J connectivity index is 2.39. The number of thioether (sulfide) groups is 1. The van der Waals surface area contributed by atoms with Gasteiger partial charge in [-0.25, -0.2) is 4.79 Å². The van der Waals surface area contributed by atoms with Crippen molar-refractivity contribution in [3.63, 3.8) is 0 Å². The molecule has 1 aliphatic heterocycles. The number of nitrogens with one attached hydrogen (secondary N) is 2. The Hall–Kier alpha value is -3.04. The summed E-state index contributed by atoms with van der Waals surface area (Å²) in [6.07, 6.45) is 0. The van der Waals surface area contributed by atoms with Crippen molar-refractivity contribution in [3.8, 4) is 12.1 Å². The van der Waals surface area contributed by atoms with Crippen LogP contribution in [0.25, 0.3) is 0 Å². The Morgan fingerprint density at radius 2 is 1.90 bits per heavy atom. The molecule has 2 N–H and O–H groups in total. The van der Waals surface area contributed by atoms with Crippen molar-refractivity contribution in [3.05, 3.63) is 33.1 Å². The SMILES string of the molecule is COC(=O)c1c(C)[nH]c(C(=O)[C@H](C)SC2=C(C#N)C(C)(C)[C@@H](C#N)C(=O)N2)c1C. The third-order valence-corrected chi connectivity index (χ3v) is 6.18. The van der Waals surface area contributed by atoms with Crippen LogP contribution >= 0.6 is 11.8 Å². The summed E-state index contributed by atoms with van der Waals surface area (Å²) in [4.78, 5) is 40.2. The molecule has 0 spiro atoms. The van der Waals surface area contributed by atoms with E-state index in [1.165, 1.54) is 7.11 Å².